The van der Waals surface area contributed by atoms with Crippen molar-refractivity contribution in [3.63, 3.8) is 0 Å². The number of amidine groups is 1. The Morgan fingerprint density at radius 3 is 2.74 bits per heavy atom. The zero-order valence-electron chi connectivity index (χ0n) is 15.5. The van der Waals surface area contributed by atoms with E-state index < -0.39 is 0 Å². The highest BCUT2D eigenvalue weighted by atomic mass is 35.5. The van der Waals surface area contributed by atoms with Crippen LogP contribution in [0.3, 0.4) is 0 Å². The lowest BCUT2D eigenvalue weighted by atomic mass is 9.89. The van der Waals surface area contributed by atoms with E-state index in [9.17, 15) is 4.79 Å². The van der Waals surface area contributed by atoms with Gasteiger partial charge in [-0.3, -0.25) is 10.2 Å². The van der Waals surface area contributed by atoms with Crippen molar-refractivity contribution in [2.24, 2.45) is 5.92 Å². The van der Waals surface area contributed by atoms with Gasteiger partial charge in [0.05, 0.1) is 11.7 Å². The number of nitrogens with one attached hydrogen (secondary N) is 1. The largest absolute Gasteiger partial charge is 0.372 e. The predicted octanol–water partition coefficient (Wildman–Crippen LogP) is 3.36. The fourth-order valence-corrected chi connectivity index (χ4v) is 4.27. The number of allylic oxidation sites excluding steroid dienone is 4. The fraction of sp³-hybridized carbons (Fsp3) is 0.333. The summed E-state index contributed by atoms with van der Waals surface area (Å²) in [4.78, 5) is 18.0. The summed E-state index contributed by atoms with van der Waals surface area (Å²) in [7, 11) is 3.84. The van der Waals surface area contributed by atoms with E-state index in [1.807, 2.05) is 30.5 Å². The quantitative estimate of drug-likeness (QED) is 0.796. The molecular formula is C21H23ClN4O. The summed E-state index contributed by atoms with van der Waals surface area (Å²) in [6, 6.07) is -0.00258. The first kappa shape index (κ1) is 17.9. The van der Waals surface area contributed by atoms with Crippen molar-refractivity contribution in [2.75, 3.05) is 20.6 Å². The molecule has 1 N–H and O–H groups in total. The molecular weight excluding hydrogens is 360 g/mol. The van der Waals surface area contributed by atoms with E-state index in [1.165, 1.54) is 0 Å². The van der Waals surface area contributed by atoms with Crippen molar-refractivity contribution < 1.29 is 4.79 Å². The number of halogens is 1. The number of likely N-dealkylation sites (N-methyl/N-ethyl adjacent to an activating group) is 1. The van der Waals surface area contributed by atoms with E-state index in [1.54, 1.807) is 11.9 Å². The number of rotatable bonds is 2. The van der Waals surface area contributed by atoms with E-state index in [0.29, 0.717) is 12.3 Å². The van der Waals surface area contributed by atoms with Crippen LogP contribution in [0, 0.1) is 11.3 Å². The zero-order valence-corrected chi connectivity index (χ0v) is 16.3. The maximum Gasteiger partial charge on any atom is 0.230 e. The van der Waals surface area contributed by atoms with Crippen molar-refractivity contribution in [3.05, 3.63) is 70.7 Å². The third-order valence-electron chi connectivity index (χ3n) is 5.48. The second kappa shape index (κ2) is 6.89. The molecule has 140 valence electrons. The molecule has 0 aromatic rings. The number of hydrogen-bond acceptors (Lipinski definition) is 3. The molecule has 4 aliphatic rings. The Morgan fingerprint density at radius 1 is 1.19 bits per heavy atom. The molecule has 0 aromatic carbocycles. The van der Waals surface area contributed by atoms with Crippen molar-refractivity contribution in [1.82, 2.24) is 14.7 Å². The number of hydrogen-bond donors (Lipinski definition) is 1. The molecule has 0 aromatic heterocycles. The molecule has 3 heterocycles. The van der Waals surface area contributed by atoms with Crippen LogP contribution in [0.2, 0.25) is 0 Å². The summed E-state index contributed by atoms with van der Waals surface area (Å²) in [6.07, 6.45) is 17.1. The molecule has 0 saturated heterocycles. The van der Waals surface area contributed by atoms with Gasteiger partial charge in [-0.2, -0.15) is 0 Å². The molecule has 1 amide bonds. The molecule has 2 unspecified atom stereocenters. The van der Waals surface area contributed by atoms with Gasteiger partial charge in [-0.1, -0.05) is 42.0 Å². The van der Waals surface area contributed by atoms with E-state index in [4.69, 9.17) is 17.0 Å². The number of carbonyl (C=O) groups is 1. The molecule has 2 atom stereocenters. The van der Waals surface area contributed by atoms with Crippen LogP contribution in [0.5, 0.6) is 0 Å². The molecule has 0 radical (unpaired) electrons. The van der Waals surface area contributed by atoms with Gasteiger partial charge in [0.15, 0.2) is 0 Å². The molecule has 0 spiro atoms. The van der Waals surface area contributed by atoms with Crippen molar-refractivity contribution in [3.8, 4) is 0 Å². The van der Waals surface area contributed by atoms with E-state index in [0.717, 1.165) is 35.0 Å². The Hall–Kier alpha value is -2.53. The van der Waals surface area contributed by atoms with Crippen LogP contribution in [0.15, 0.2) is 70.7 Å². The standard InChI is InChI=1S/C21H23ClN4O/c1-24-12-4-6-17-20(24)19(14-8-10-15(22)11-9-14)26(21(17)23)16-5-3-7-18(27)25(2)13-16/h3-6,8,10-11,13-14,19,23H,7,9,12H2,1-2H3. The summed E-state index contributed by atoms with van der Waals surface area (Å²) in [5, 5.41) is 9.64. The van der Waals surface area contributed by atoms with E-state index in [2.05, 4.69) is 35.1 Å². The van der Waals surface area contributed by atoms with E-state index >= 15 is 0 Å². The molecule has 1 aliphatic carbocycles. The molecule has 0 fully saturated rings. The molecule has 5 nitrogen and oxygen atoms in total. The first-order chi connectivity index (χ1) is 13.0. The lowest BCUT2D eigenvalue weighted by Crippen LogP contribution is -2.42. The van der Waals surface area contributed by atoms with Crippen LogP contribution in [0.1, 0.15) is 12.8 Å². The first-order valence-electron chi connectivity index (χ1n) is 9.15. The fourth-order valence-electron chi connectivity index (χ4n) is 4.10. The predicted molar refractivity (Wildman–Crippen MR) is 108 cm³/mol. The van der Waals surface area contributed by atoms with Crippen LogP contribution in [0.25, 0.3) is 0 Å². The highest BCUT2D eigenvalue weighted by Gasteiger charge is 2.43. The minimum absolute atomic E-state index is 0.00258. The Labute approximate surface area is 164 Å². The minimum atomic E-state index is -0.00258. The highest BCUT2D eigenvalue weighted by molar-refractivity contribution is 6.31. The smallest absolute Gasteiger partial charge is 0.230 e. The van der Waals surface area contributed by atoms with Crippen LogP contribution in [-0.4, -0.2) is 53.1 Å². The van der Waals surface area contributed by atoms with Gasteiger partial charge in [-0.25, -0.2) is 0 Å². The van der Waals surface area contributed by atoms with Crippen LogP contribution in [-0.2, 0) is 4.79 Å². The summed E-state index contributed by atoms with van der Waals surface area (Å²) in [5.41, 5.74) is 2.98. The van der Waals surface area contributed by atoms with Gasteiger partial charge < -0.3 is 14.7 Å². The van der Waals surface area contributed by atoms with Gasteiger partial charge in [0.25, 0.3) is 0 Å². The number of amides is 1. The second-order valence-electron chi connectivity index (χ2n) is 7.26. The number of nitrogens with zero attached hydrogens (tertiary/aromatic N) is 3. The Bertz CT molecular complexity index is 877. The average Bonchev–Trinajstić information content (AvgIpc) is 2.84. The molecule has 27 heavy (non-hydrogen) atoms. The third kappa shape index (κ3) is 3.06. The van der Waals surface area contributed by atoms with Gasteiger partial charge in [-0.15, -0.1) is 0 Å². The van der Waals surface area contributed by atoms with Crippen molar-refractivity contribution in [1.29, 1.82) is 5.41 Å². The topological polar surface area (TPSA) is 50.6 Å². The lowest BCUT2D eigenvalue weighted by molar-refractivity contribution is -0.126. The van der Waals surface area contributed by atoms with Crippen LogP contribution < -0.4 is 0 Å². The van der Waals surface area contributed by atoms with Crippen LogP contribution in [0.4, 0.5) is 0 Å². The van der Waals surface area contributed by atoms with E-state index in [-0.39, 0.29) is 17.9 Å². The number of carbonyl (C=O) groups excluding carboxylic acids is 1. The minimum Gasteiger partial charge on any atom is -0.372 e. The molecule has 0 saturated carbocycles. The molecule has 4 rings (SSSR count). The summed E-state index contributed by atoms with van der Waals surface area (Å²) < 4.78 is 0. The molecule has 6 heteroatoms. The second-order valence-corrected chi connectivity index (χ2v) is 7.69. The van der Waals surface area contributed by atoms with Gasteiger partial charge in [0, 0.05) is 55.5 Å². The SMILES string of the molecule is CN1C=C(N2C(=N)C3=C(C2C2C=CC(Cl)=CC2)N(C)CC=C3)C=CCC1=O. The summed E-state index contributed by atoms with van der Waals surface area (Å²) in [6.45, 7) is 0.830. The zero-order chi connectivity index (χ0) is 19.1. The summed E-state index contributed by atoms with van der Waals surface area (Å²) in [5.74, 6) is 0.726. The summed E-state index contributed by atoms with van der Waals surface area (Å²) >= 11 is 6.14. The van der Waals surface area contributed by atoms with Gasteiger partial charge in [-0.05, 0) is 18.6 Å². The maximum atomic E-state index is 12.1. The normalized spacial score (nSPS) is 27.9. The average molecular weight is 383 g/mol. The van der Waals surface area contributed by atoms with Gasteiger partial charge >= 0.3 is 0 Å². The molecule has 3 aliphatic heterocycles. The monoisotopic (exact) mass is 382 g/mol. The van der Waals surface area contributed by atoms with Gasteiger partial charge in [0.1, 0.15) is 5.84 Å². The van der Waals surface area contributed by atoms with Gasteiger partial charge in [0.2, 0.25) is 5.91 Å². The first-order valence-corrected chi connectivity index (χ1v) is 9.53. The van der Waals surface area contributed by atoms with Crippen LogP contribution >= 0.6 is 11.6 Å². The highest BCUT2D eigenvalue weighted by Crippen LogP contribution is 2.41. The van der Waals surface area contributed by atoms with Crippen molar-refractivity contribution >= 4 is 23.3 Å². The van der Waals surface area contributed by atoms with Crippen molar-refractivity contribution in [2.45, 2.75) is 18.9 Å². The molecule has 0 bridgehead atoms. The Morgan fingerprint density at radius 2 is 2.00 bits per heavy atom. The third-order valence-corrected chi connectivity index (χ3v) is 5.76. The lowest BCUT2D eigenvalue weighted by Gasteiger charge is -2.37. The maximum absolute atomic E-state index is 12.1. The Kier molecular flexibility index (Phi) is 4.56. The Balaban J connectivity index is 1.79.